The van der Waals surface area contributed by atoms with E-state index in [1.165, 1.54) is 6.92 Å². The number of carbonyl (C=O) groups is 1. The van der Waals surface area contributed by atoms with Crippen LogP contribution in [0, 0.1) is 11.8 Å². The van der Waals surface area contributed by atoms with Gasteiger partial charge in [0.1, 0.15) is 6.10 Å². The second kappa shape index (κ2) is 6.08. The molecule has 0 heterocycles. The molecular weight excluding hydrogens is 338 g/mol. The van der Waals surface area contributed by atoms with E-state index in [4.69, 9.17) is 14.0 Å². The van der Waals surface area contributed by atoms with Gasteiger partial charge in [0.2, 0.25) is 6.29 Å². The van der Waals surface area contributed by atoms with Crippen molar-refractivity contribution in [3.8, 4) is 0 Å². The van der Waals surface area contributed by atoms with Crippen molar-refractivity contribution >= 4 is 16.1 Å². The lowest BCUT2D eigenvalue weighted by Crippen LogP contribution is -2.45. The Labute approximate surface area is 132 Å². The number of hydrogen-bond acceptors (Lipinski definition) is 6. The van der Waals surface area contributed by atoms with E-state index in [2.05, 4.69) is 6.58 Å². The highest BCUT2D eigenvalue weighted by Crippen LogP contribution is 2.48. The van der Waals surface area contributed by atoms with E-state index in [1.807, 2.05) is 0 Å². The van der Waals surface area contributed by atoms with Crippen molar-refractivity contribution in [2.45, 2.75) is 49.9 Å². The molecule has 0 saturated heterocycles. The summed E-state index contributed by atoms with van der Waals surface area (Å²) in [6, 6.07) is 0. The smallest absolute Gasteiger partial charge is 0.418 e. The van der Waals surface area contributed by atoms with E-state index in [0.29, 0.717) is 12.8 Å². The Morgan fingerprint density at radius 1 is 1.26 bits per heavy atom. The third-order valence-electron chi connectivity index (χ3n) is 4.27. The summed E-state index contributed by atoms with van der Waals surface area (Å²) in [5.41, 5.74) is 0.254. The molecule has 0 aromatic rings. The van der Waals surface area contributed by atoms with Gasteiger partial charge in [0, 0.05) is 5.57 Å². The lowest BCUT2D eigenvalue weighted by atomic mass is 9.95. The first-order chi connectivity index (χ1) is 10.4. The molecule has 2 N–H and O–H groups in total. The van der Waals surface area contributed by atoms with Gasteiger partial charge in [-0.25, -0.2) is 4.79 Å². The Morgan fingerprint density at radius 3 is 2.22 bits per heavy atom. The van der Waals surface area contributed by atoms with E-state index in [1.54, 1.807) is 0 Å². The number of ether oxygens (including phenoxy) is 2. The summed E-state index contributed by atoms with van der Waals surface area (Å²) in [7, 11) is -5.78. The van der Waals surface area contributed by atoms with Gasteiger partial charge in [-0.3, -0.25) is 4.55 Å². The molecule has 0 aliphatic heterocycles. The van der Waals surface area contributed by atoms with Gasteiger partial charge < -0.3 is 14.6 Å². The number of alkyl halides is 2. The van der Waals surface area contributed by atoms with E-state index < -0.39 is 33.7 Å². The van der Waals surface area contributed by atoms with Crippen molar-refractivity contribution in [1.82, 2.24) is 0 Å². The van der Waals surface area contributed by atoms with Gasteiger partial charge in [0.15, 0.2) is 0 Å². The minimum atomic E-state index is -5.78. The third kappa shape index (κ3) is 3.54. The maximum absolute atomic E-state index is 13.3. The van der Waals surface area contributed by atoms with Crippen molar-refractivity contribution in [3.63, 3.8) is 0 Å². The van der Waals surface area contributed by atoms with Crippen LogP contribution in [-0.2, 0) is 24.4 Å². The predicted molar refractivity (Wildman–Crippen MR) is 72.9 cm³/mol. The molecule has 0 aromatic carbocycles. The van der Waals surface area contributed by atoms with E-state index >= 15 is 0 Å². The molecular formula is C13H18F2O7S. The molecule has 0 radical (unpaired) electrons. The molecule has 5 unspecified atom stereocenters. The zero-order chi connectivity index (χ0) is 17.6. The van der Waals surface area contributed by atoms with E-state index in [-0.39, 0.29) is 29.9 Å². The molecule has 0 spiro atoms. The number of fused-ring (bicyclic) bond motifs is 2. The summed E-state index contributed by atoms with van der Waals surface area (Å²) >= 11 is 0. The van der Waals surface area contributed by atoms with Crippen molar-refractivity contribution in [3.05, 3.63) is 12.2 Å². The number of rotatable bonds is 6. The Kier molecular flexibility index (Phi) is 4.82. The summed E-state index contributed by atoms with van der Waals surface area (Å²) in [5, 5.41) is 4.47. The van der Waals surface area contributed by atoms with Crippen molar-refractivity contribution in [2.75, 3.05) is 0 Å². The molecule has 2 aliphatic rings. The van der Waals surface area contributed by atoms with Crippen molar-refractivity contribution in [1.29, 1.82) is 0 Å². The number of esters is 1. The van der Waals surface area contributed by atoms with Crippen LogP contribution in [0.2, 0.25) is 0 Å². The number of aliphatic hydroxyl groups excluding tert-OH is 1. The normalized spacial score (nSPS) is 31.9. The van der Waals surface area contributed by atoms with Crippen LogP contribution in [0.4, 0.5) is 8.78 Å². The summed E-state index contributed by atoms with van der Waals surface area (Å²) in [6.45, 7) is 4.98. The number of halogens is 2. The molecule has 2 saturated carbocycles. The fourth-order valence-electron chi connectivity index (χ4n) is 3.09. The van der Waals surface area contributed by atoms with Crippen LogP contribution < -0.4 is 0 Å². The Morgan fingerprint density at radius 2 is 1.78 bits per heavy atom. The predicted octanol–water partition coefficient (Wildman–Crippen LogP) is 1.09. The Balaban J connectivity index is 1.93. The monoisotopic (exact) mass is 356 g/mol. The summed E-state index contributed by atoms with van der Waals surface area (Å²) in [4.78, 5) is 11.5. The average molecular weight is 356 g/mol. The fourth-order valence-corrected chi connectivity index (χ4v) is 3.40. The second-order valence-corrected chi connectivity index (χ2v) is 7.51. The van der Waals surface area contributed by atoms with Crippen LogP contribution in [-0.4, -0.2) is 47.8 Å². The zero-order valence-electron chi connectivity index (χ0n) is 12.3. The largest absolute Gasteiger partial charge is 0.459 e. The molecule has 10 heteroatoms. The minimum Gasteiger partial charge on any atom is -0.459 e. The second-order valence-electron chi connectivity index (χ2n) is 6.02. The first kappa shape index (κ1) is 18.2. The first-order valence-corrected chi connectivity index (χ1v) is 8.42. The highest BCUT2D eigenvalue weighted by atomic mass is 32.2. The SMILES string of the molecule is C=C(C)C(=O)OC1CC2CC1CC2OC(O)C(F)(F)S(=O)(=O)O. The van der Waals surface area contributed by atoms with Gasteiger partial charge >= 0.3 is 21.3 Å². The van der Waals surface area contributed by atoms with Gasteiger partial charge in [-0.15, -0.1) is 0 Å². The molecule has 7 nitrogen and oxygen atoms in total. The molecule has 132 valence electrons. The molecule has 23 heavy (non-hydrogen) atoms. The van der Waals surface area contributed by atoms with Gasteiger partial charge in [-0.1, -0.05) is 6.58 Å². The van der Waals surface area contributed by atoms with Gasteiger partial charge in [0.05, 0.1) is 6.10 Å². The van der Waals surface area contributed by atoms with E-state index in [0.717, 1.165) is 0 Å². The zero-order valence-corrected chi connectivity index (χ0v) is 13.1. The molecule has 2 bridgehead atoms. The third-order valence-corrected chi connectivity index (χ3v) is 5.16. The van der Waals surface area contributed by atoms with Crippen LogP contribution in [0.1, 0.15) is 26.2 Å². The van der Waals surface area contributed by atoms with Crippen LogP contribution >= 0.6 is 0 Å². The van der Waals surface area contributed by atoms with Crippen LogP contribution in [0.25, 0.3) is 0 Å². The highest BCUT2D eigenvalue weighted by Gasteiger charge is 2.56. The Hall–Kier alpha value is -1.10. The molecule has 0 amide bonds. The van der Waals surface area contributed by atoms with Crippen LogP contribution in [0.3, 0.4) is 0 Å². The molecule has 0 aromatic heterocycles. The molecule has 2 fully saturated rings. The van der Waals surface area contributed by atoms with Crippen molar-refractivity contribution < 1.29 is 41.1 Å². The first-order valence-electron chi connectivity index (χ1n) is 6.98. The number of hydrogen-bond donors (Lipinski definition) is 2. The van der Waals surface area contributed by atoms with Crippen LogP contribution in [0.5, 0.6) is 0 Å². The molecule has 5 atom stereocenters. The van der Waals surface area contributed by atoms with Gasteiger partial charge in [-0.2, -0.15) is 17.2 Å². The quantitative estimate of drug-likeness (QED) is 0.317. The maximum atomic E-state index is 13.3. The summed E-state index contributed by atoms with van der Waals surface area (Å²) in [6.07, 6.45) is -2.94. The van der Waals surface area contributed by atoms with Gasteiger partial charge in [0.25, 0.3) is 0 Å². The fraction of sp³-hybridized carbons (Fsp3) is 0.769. The highest BCUT2D eigenvalue weighted by molar-refractivity contribution is 7.86. The standard InChI is InChI=1S/C13H18F2O7S/c1-6(2)11(16)21-9-4-8-3-7(9)5-10(8)22-12(17)13(14,15)23(18,19)20/h7-10,12,17H,1,3-5H2,2H3,(H,18,19,20). The van der Waals surface area contributed by atoms with E-state index in [9.17, 15) is 27.1 Å². The summed E-state index contributed by atoms with van der Waals surface area (Å²) < 4.78 is 66.1. The van der Waals surface area contributed by atoms with Crippen molar-refractivity contribution in [2.24, 2.45) is 11.8 Å². The number of carbonyl (C=O) groups excluding carboxylic acids is 1. The molecule has 2 rings (SSSR count). The molecule has 2 aliphatic carbocycles. The lowest BCUT2D eigenvalue weighted by molar-refractivity contribution is -0.228. The average Bonchev–Trinajstić information content (AvgIpc) is 2.96. The van der Waals surface area contributed by atoms with Crippen LogP contribution in [0.15, 0.2) is 12.2 Å². The number of aliphatic hydroxyl groups is 1. The lowest BCUT2D eigenvalue weighted by Gasteiger charge is -2.30. The topological polar surface area (TPSA) is 110 Å². The van der Waals surface area contributed by atoms with Gasteiger partial charge in [-0.05, 0) is 38.0 Å². The maximum Gasteiger partial charge on any atom is 0.418 e. The summed E-state index contributed by atoms with van der Waals surface area (Å²) in [5.74, 6) is -0.882. The minimum absolute atomic E-state index is 0.111. The Bertz CT molecular complexity index is 603.